The van der Waals surface area contributed by atoms with Crippen LogP contribution in [0.15, 0.2) is 42.5 Å². The van der Waals surface area contributed by atoms with Crippen molar-refractivity contribution in [2.45, 2.75) is 57.7 Å². The van der Waals surface area contributed by atoms with Gasteiger partial charge in [-0.2, -0.15) is 13.2 Å². The number of amides is 1. The van der Waals surface area contributed by atoms with E-state index < -0.39 is 17.8 Å². The van der Waals surface area contributed by atoms with Gasteiger partial charge in [0.05, 0.1) is 18.2 Å². The van der Waals surface area contributed by atoms with Gasteiger partial charge in [0.15, 0.2) is 11.6 Å². The molecule has 0 fully saturated rings. The second-order valence-electron chi connectivity index (χ2n) is 8.80. The summed E-state index contributed by atoms with van der Waals surface area (Å²) in [6, 6.07) is 9.58. The maximum Gasteiger partial charge on any atom is 0.416 e. The molecule has 0 saturated carbocycles. The fourth-order valence-corrected chi connectivity index (χ4v) is 3.32. The van der Waals surface area contributed by atoms with Crippen LogP contribution >= 0.6 is 0 Å². The molecule has 0 radical (unpaired) electrons. The van der Waals surface area contributed by atoms with Gasteiger partial charge in [-0.3, -0.25) is 4.79 Å². The molecule has 6 nitrogen and oxygen atoms in total. The van der Waals surface area contributed by atoms with E-state index in [1.165, 1.54) is 18.2 Å². The van der Waals surface area contributed by atoms with Crippen LogP contribution in [-0.4, -0.2) is 44.5 Å². The fourth-order valence-electron chi connectivity index (χ4n) is 3.32. The van der Waals surface area contributed by atoms with Crippen molar-refractivity contribution in [3.8, 4) is 18.1 Å². The Morgan fingerprint density at radius 2 is 1.92 bits per heavy atom. The van der Waals surface area contributed by atoms with Crippen molar-refractivity contribution in [2.75, 3.05) is 26.2 Å². The van der Waals surface area contributed by atoms with E-state index in [0.717, 1.165) is 24.6 Å². The summed E-state index contributed by atoms with van der Waals surface area (Å²) >= 11 is 0. The van der Waals surface area contributed by atoms with Crippen LogP contribution in [0.25, 0.3) is 0 Å². The summed E-state index contributed by atoms with van der Waals surface area (Å²) in [5.74, 6) is 1.92. The minimum atomic E-state index is -4.26. The number of alkyl halides is 3. The number of carbonyl (C=O) groups excluding carboxylic acids is 2. The van der Waals surface area contributed by atoms with E-state index in [4.69, 9.17) is 16.9 Å². The van der Waals surface area contributed by atoms with Gasteiger partial charge in [0.1, 0.15) is 6.29 Å². The van der Waals surface area contributed by atoms with Crippen molar-refractivity contribution in [1.82, 2.24) is 10.6 Å². The van der Waals surface area contributed by atoms with E-state index >= 15 is 0 Å². The zero-order chi connectivity index (χ0) is 29.1. The van der Waals surface area contributed by atoms with Crippen LogP contribution in [0, 0.1) is 25.1 Å². The molecule has 0 aliphatic heterocycles. The molecule has 0 bridgehead atoms. The van der Waals surface area contributed by atoms with Crippen molar-refractivity contribution in [1.29, 1.82) is 0 Å². The predicted molar refractivity (Wildman–Crippen MR) is 144 cm³/mol. The lowest BCUT2D eigenvalue weighted by Gasteiger charge is -2.10. The summed E-state index contributed by atoms with van der Waals surface area (Å²) < 4.78 is 56.1. The first-order valence-corrected chi connectivity index (χ1v) is 12.7. The molecule has 0 aliphatic rings. The number of hydrogen-bond donors (Lipinski definition) is 3. The topological polar surface area (TPSA) is 93.5 Å². The van der Waals surface area contributed by atoms with Crippen molar-refractivity contribution >= 4 is 12.2 Å². The SMILES string of the molecule is C#CCC(C=O)NC(=O)CCCCOc1ccc(C)cc1F.NCCCNCCc1cccc(C(F)(F)F)c1. The van der Waals surface area contributed by atoms with E-state index in [0.29, 0.717) is 50.8 Å². The standard InChI is InChI=1S/C17H20FNO3.C12H17F3N2/c1-3-6-14(12-20)19-17(21)7-4-5-10-22-16-9-8-13(2)11-15(16)18;13-12(14,15)11-4-1-3-10(9-11)5-8-17-7-2-6-16/h1,8-9,11-12,14H,4-7,10H2,2H3,(H,19,21);1,3-4,9,17H,2,5-8,16H2. The molecular formula is C29H37F4N3O3. The monoisotopic (exact) mass is 551 g/mol. The highest BCUT2D eigenvalue weighted by molar-refractivity contribution is 5.79. The number of aldehydes is 1. The predicted octanol–water partition coefficient (Wildman–Crippen LogP) is 4.58. The number of unbranched alkanes of at least 4 members (excludes halogenated alkanes) is 1. The van der Waals surface area contributed by atoms with Crippen LogP contribution in [0.5, 0.6) is 5.75 Å². The molecule has 2 rings (SSSR count). The normalized spacial score (nSPS) is 11.5. The lowest BCUT2D eigenvalue weighted by molar-refractivity contribution is -0.137. The zero-order valence-electron chi connectivity index (χ0n) is 22.2. The smallest absolute Gasteiger partial charge is 0.416 e. The van der Waals surface area contributed by atoms with Gasteiger partial charge in [-0.25, -0.2) is 4.39 Å². The van der Waals surface area contributed by atoms with Gasteiger partial charge in [-0.1, -0.05) is 24.3 Å². The van der Waals surface area contributed by atoms with Gasteiger partial charge in [-0.05, 0) is 81.6 Å². The van der Waals surface area contributed by atoms with E-state index in [-0.39, 0.29) is 30.3 Å². The molecular weight excluding hydrogens is 514 g/mol. The average molecular weight is 552 g/mol. The molecule has 10 heteroatoms. The van der Waals surface area contributed by atoms with Crippen LogP contribution < -0.4 is 21.1 Å². The van der Waals surface area contributed by atoms with Crippen LogP contribution in [0.1, 0.15) is 48.8 Å². The summed E-state index contributed by atoms with van der Waals surface area (Å²) in [5.41, 5.74) is 6.26. The molecule has 0 aromatic heterocycles. The molecule has 0 spiro atoms. The molecule has 2 aromatic rings. The number of nitrogens with one attached hydrogen (secondary N) is 2. The van der Waals surface area contributed by atoms with E-state index in [1.54, 1.807) is 25.1 Å². The Morgan fingerprint density at radius 1 is 1.15 bits per heavy atom. The van der Waals surface area contributed by atoms with Crippen LogP contribution in [0.2, 0.25) is 0 Å². The fraction of sp³-hybridized carbons (Fsp3) is 0.448. The summed E-state index contributed by atoms with van der Waals surface area (Å²) in [7, 11) is 0. The maximum atomic E-state index is 13.5. The molecule has 0 heterocycles. The summed E-state index contributed by atoms with van der Waals surface area (Å²) in [6.07, 6.45) is 4.58. The van der Waals surface area contributed by atoms with Crippen molar-refractivity contribution in [3.05, 3.63) is 65.0 Å². The summed E-state index contributed by atoms with van der Waals surface area (Å²) in [5, 5.41) is 5.67. The van der Waals surface area contributed by atoms with Crippen molar-refractivity contribution in [2.24, 2.45) is 5.73 Å². The summed E-state index contributed by atoms with van der Waals surface area (Å²) in [4.78, 5) is 22.2. The molecule has 214 valence electrons. The molecule has 39 heavy (non-hydrogen) atoms. The number of nitrogens with two attached hydrogens (primary N) is 1. The molecule has 1 amide bonds. The Hall–Kier alpha value is -3.42. The van der Waals surface area contributed by atoms with E-state index in [2.05, 4.69) is 16.6 Å². The van der Waals surface area contributed by atoms with Gasteiger partial charge >= 0.3 is 6.18 Å². The molecule has 0 aliphatic carbocycles. The first-order chi connectivity index (χ1) is 18.6. The second kappa shape index (κ2) is 18.8. The van der Waals surface area contributed by atoms with Gasteiger partial charge in [0.25, 0.3) is 0 Å². The van der Waals surface area contributed by atoms with Crippen LogP contribution in [-0.2, 0) is 22.2 Å². The first-order valence-electron chi connectivity index (χ1n) is 12.7. The third kappa shape index (κ3) is 14.9. The van der Waals surface area contributed by atoms with E-state index in [9.17, 15) is 27.2 Å². The second-order valence-corrected chi connectivity index (χ2v) is 8.80. The van der Waals surface area contributed by atoms with Gasteiger partial charge in [-0.15, -0.1) is 12.3 Å². The minimum Gasteiger partial charge on any atom is -0.491 e. The quantitative estimate of drug-likeness (QED) is 0.130. The van der Waals surface area contributed by atoms with Gasteiger partial charge < -0.3 is 25.9 Å². The maximum absolute atomic E-state index is 13.5. The van der Waals surface area contributed by atoms with Crippen molar-refractivity contribution in [3.63, 3.8) is 0 Å². The molecule has 1 unspecified atom stereocenters. The molecule has 0 saturated heterocycles. The Labute approximate surface area is 227 Å². The number of carbonyl (C=O) groups is 2. The number of rotatable bonds is 15. The highest BCUT2D eigenvalue weighted by Crippen LogP contribution is 2.29. The minimum absolute atomic E-state index is 0.186. The Kier molecular flexibility index (Phi) is 16.2. The Morgan fingerprint density at radius 3 is 2.56 bits per heavy atom. The lowest BCUT2D eigenvalue weighted by Crippen LogP contribution is -2.35. The average Bonchev–Trinajstić information content (AvgIpc) is 2.89. The van der Waals surface area contributed by atoms with Crippen molar-refractivity contribution < 1.29 is 31.9 Å². The third-order valence-corrected chi connectivity index (χ3v) is 5.39. The van der Waals surface area contributed by atoms with Crippen LogP contribution in [0.3, 0.4) is 0 Å². The number of ether oxygens (including phenoxy) is 1. The number of halogens is 4. The third-order valence-electron chi connectivity index (χ3n) is 5.39. The highest BCUT2D eigenvalue weighted by atomic mass is 19.4. The van der Waals surface area contributed by atoms with Gasteiger partial charge in [0.2, 0.25) is 5.91 Å². The Balaban J connectivity index is 0.000000403. The molecule has 1 atom stereocenters. The first kappa shape index (κ1) is 33.6. The van der Waals surface area contributed by atoms with E-state index in [1.807, 2.05) is 0 Å². The number of benzene rings is 2. The number of terminal acetylenes is 1. The summed E-state index contributed by atoms with van der Waals surface area (Å²) in [6.45, 7) is 4.22. The van der Waals surface area contributed by atoms with Gasteiger partial charge in [0, 0.05) is 12.8 Å². The van der Waals surface area contributed by atoms with Crippen LogP contribution in [0.4, 0.5) is 17.6 Å². The Bertz CT molecular complexity index is 1050. The number of aryl methyl sites for hydroxylation is 1. The zero-order valence-corrected chi connectivity index (χ0v) is 22.2. The largest absolute Gasteiger partial charge is 0.491 e. The molecule has 4 N–H and O–H groups in total. The lowest BCUT2D eigenvalue weighted by atomic mass is 10.1. The number of hydrogen-bond acceptors (Lipinski definition) is 5. The highest BCUT2D eigenvalue weighted by Gasteiger charge is 2.30. The molecule has 2 aromatic carbocycles.